The summed E-state index contributed by atoms with van der Waals surface area (Å²) >= 11 is 0. The van der Waals surface area contributed by atoms with E-state index in [9.17, 15) is 19.8 Å². The normalized spacial score (nSPS) is 42.0. The minimum Gasteiger partial charge on any atom is -0.478 e. The highest BCUT2D eigenvalue weighted by Crippen LogP contribution is 2.58. The molecule has 0 bridgehead atoms. The smallest absolute Gasteiger partial charge is 0.331 e. The van der Waals surface area contributed by atoms with Gasteiger partial charge in [-0.1, -0.05) is 38.5 Å². The first-order valence-electron chi connectivity index (χ1n) is 12.7. The Morgan fingerprint density at radius 1 is 1.15 bits per heavy atom. The van der Waals surface area contributed by atoms with Crippen LogP contribution >= 0.6 is 0 Å². The summed E-state index contributed by atoms with van der Waals surface area (Å²) in [5.41, 5.74) is 2.23. The Morgan fingerprint density at radius 3 is 2.50 bits per heavy atom. The Labute approximate surface area is 203 Å². The molecule has 0 amide bonds. The topological polar surface area (TPSA) is 93.1 Å². The Balaban J connectivity index is 1.65. The van der Waals surface area contributed by atoms with Gasteiger partial charge in [-0.2, -0.15) is 0 Å². The molecule has 3 aliphatic carbocycles. The van der Waals surface area contributed by atoms with Crippen molar-refractivity contribution >= 4 is 11.9 Å². The summed E-state index contributed by atoms with van der Waals surface area (Å²) in [5.74, 6) is -1.18. The SMILES string of the molecule is C/C(=C\C1OC(C)(C)O[C@@H]1[C@H](C)C1=CC[C@@]2(C)C[C@@H]3[C@H](C)CC[C@@H]3/C(C(=O)O)=C\C[C@H]12)C(=O)O. The lowest BCUT2D eigenvalue weighted by Crippen LogP contribution is -2.37. The quantitative estimate of drug-likeness (QED) is 0.400. The Hall–Kier alpha value is -1.92. The molecule has 0 aromatic heterocycles. The Bertz CT molecular complexity index is 943. The van der Waals surface area contributed by atoms with Crippen molar-refractivity contribution in [2.75, 3.05) is 0 Å². The van der Waals surface area contributed by atoms with Crippen LogP contribution in [0, 0.1) is 35.0 Å². The summed E-state index contributed by atoms with van der Waals surface area (Å²) in [7, 11) is 0. The third-order valence-electron chi connectivity index (χ3n) is 9.08. The largest absolute Gasteiger partial charge is 0.478 e. The molecule has 1 unspecified atom stereocenters. The molecule has 2 N–H and O–H groups in total. The highest BCUT2D eigenvalue weighted by atomic mass is 16.7. The Morgan fingerprint density at radius 2 is 1.85 bits per heavy atom. The number of hydrogen-bond donors (Lipinski definition) is 2. The van der Waals surface area contributed by atoms with Crippen LogP contribution in [0.5, 0.6) is 0 Å². The van der Waals surface area contributed by atoms with Crippen molar-refractivity contribution in [3.8, 4) is 0 Å². The highest BCUT2D eigenvalue weighted by Gasteiger charge is 2.51. The van der Waals surface area contributed by atoms with Gasteiger partial charge in [-0.3, -0.25) is 0 Å². The summed E-state index contributed by atoms with van der Waals surface area (Å²) in [4.78, 5) is 23.6. The van der Waals surface area contributed by atoms with E-state index >= 15 is 0 Å². The van der Waals surface area contributed by atoms with E-state index in [1.54, 1.807) is 13.0 Å². The zero-order valence-electron chi connectivity index (χ0n) is 21.3. The average molecular weight is 473 g/mol. The molecule has 1 aliphatic heterocycles. The maximum Gasteiger partial charge on any atom is 0.331 e. The summed E-state index contributed by atoms with van der Waals surface area (Å²) in [6.45, 7) is 12.1. The molecular formula is C28H40O6. The number of ether oxygens (including phenoxy) is 2. The molecular weight excluding hydrogens is 432 g/mol. The number of allylic oxidation sites excluding steroid dienone is 2. The van der Waals surface area contributed by atoms with Crippen LogP contribution < -0.4 is 0 Å². The first-order valence-corrected chi connectivity index (χ1v) is 12.7. The minimum absolute atomic E-state index is 0.0225. The Kier molecular flexibility index (Phi) is 6.62. The van der Waals surface area contributed by atoms with Crippen LogP contribution in [0.3, 0.4) is 0 Å². The zero-order chi connectivity index (χ0) is 25.0. The number of carbonyl (C=O) groups is 2. The van der Waals surface area contributed by atoms with Crippen molar-refractivity contribution in [2.24, 2.45) is 35.0 Å². The van der Waals surface area contributed by atoms with Gasteiger partial charge in [0.2, 0.25) is 0 Å². The molecule has 0 spiro atoms. The monoisotopic (exact) mass is 472 g/mol. The molecule has 1 saturated heterocycles. The van der Waals surface area contributed by atoms with E-state index in [4.69, 9.17) is 9.47 Å². The predicted octanol–water partition coefficient (Wildman–Crippen LogP) is 5.59. The molecule has 6 heteroatoms. The van der Waals surface area contributed by atoms with Gasteiger partial charge in [0.15, 0.2) is 5.79 Å². The molecule has 0 aromatic carbocycles. The van der Waals surface area contributed by atoms with Gasteiger partial charge >= 0.3 is 11.9 Å². The maximum absolute atomic E-state index is 12.2. The van der Waals surface area contributed by atoms with E-state index in [2.05, 4.69) is 26.8 Å². The van der Waals surface area contributed by atoms with E-state index in [1.807, 2.05) is 19.9 Å². The number of aliphatic carboxylic acids is 2. The van der Waals surface area contributed by atoms with E-state index in [0.717, 1.165) is 32.1 Å². The third-order valence-corrected chi connectivity index (χ3v) is 9.08. The van der Waals surface area contributed by atoms with E-state index < -0.39 is 23.8 Å². The van der Waals surface area contributed by atoms with Crippen molar-refractivity contribution in [2.45, 2.75) is 91.6 Å². The van der Waals surface area contributed by atoms with Crippen LogP contribution in [0.2, 0.25) is 0 Å². The van der Waals surface area contributed by atoms with Gasteiger partial charge in [-0.05, 0) is 88.0 Å². The molecule has 1 heterocycles. The molecule has 0 aromatic rings. The fourth-order valence-corrected chi connectivity index (χ4v) is 7.20. The second-order valence-corrected chi connectivity index (χ2v) is 11.9. The average Bonchev–Trinajstić information content (AvgIpc) is 3.34. The summed E-state index contributed by atoms with van der Waals surface area (Å²) in [6.07, 6.45) is 10.1. The van der Waals surface area contributed by atoms with Crippen LogP contribution in [0.15, 0.2) is 34.9 Å². The van der Waals surface area contributed by atoms with Crippen molar-refractivity contribution in [3.63, 3.8) is 0 Å². The van der Waals surface area contributed by atoms with Crippen molar-refractivity contribution in [1.29, 1.82) is 0 Å². The van der Waals surface area contributed by atoms with E-state index in [1.165, 1.54) is 5.57 Å². The lowest BCUT2D eigenvalue weighted by molar-refractivity contribution is -0.146. The summed E-state index contributed by atoms with van der Waals surface area (Å²) < 4.78 is 12.4. The predicted molar refractivity (Wildman–Crippen MR) is 129 cm³/mol. The molecule has 188 valence electrons. The van der Waals surface area contributed by atoms with E-state index in [0.29, 0.717) is 17.4 Å². The fraction of sp³-hybridized carbons (Fsp3) is 0.714. The summed E-state index contributed by atoms with van der Waals surface area (Å²) in [5, 5.41) is 19.4. The lowest BCUT2D eigenvalue weighted by atomic mass is 9.63. The van der Waals surface area contributed by atoms with Crippen LogP contribution in [0.4, 0.5) is 0 Å². The standard InChI is InChI=1S/C28H40O6/c1-15-7-8-19-20(26(31)32)9-10-22-18(11-12-28(22,6)14-21(15)19)17(3)24-23(13-16(2)25(29)30)33-27(4,5)34-24/h9,11,13,15,17,19,21-24H,7-8,10,12,14H2,1-6H3,(H,29,30)(H,31,32)/b16-13+,20-9+/t15-,17-,19-,21-,22-,23?,24-,28+/m1/s1. The molecule has 6 nitrogen and oxygen atoms in total. The van der Waals surface area contributed by atoms with Crippen LogP contribution in [0.1, 0.15) is 73.6 Å². The zero-order valence-corrected chi connectivity index (χ0v) is 21.3. The van der Waals surface area contributed by atoms with Gasteiger partial charge in [0.1, 0.15) is 6.10 Å². The number of rotatable bonds is 5. The van der Waals surface area contributed by atoms with Crippen molar-refractivity contribution in [3.05, 3.63) is 34.9 Å². The fourth-order valence-electron chi connectivity index (χ4n) is 7.20. The molecule has 4 rings (SSSR count). The van der Waals surface area contributed by atoms with E-state index in [-0.39, 0.29) is 34.8 Å². The number of fused-ring (bicyclic) bond motifs is 2. The lowest BCUT2D eigenvalue weighted by Gasteiger charge is -2.41. The molecule has 2 fully saturated rings. The van der Waals surface area contributed by atoms with Gasteiger partial charge in [0.05, 0.1) is 6.10 Å². The first kappa shape index (κ1) is 25.2. The summed E-state index contributed by atoms with van der Waals surface area (Å²) in [6, 6.07) is 0. The second kappa shape index (κ2) is 8.94. The van der Waals surface area contributed by atoms with Gasteiger partial charge in [0.25, 0.3) is 0 Å². The first-order chi connectivity index (χ1) is 15.8. The van der Waals surface area contributed by atoms with Gasteiger partial charge in [0, 0.05) is 17.1 Å². The number of hydrogen-bond acceptors (Lipinski definition) is 4. The minimum atomic E-state index is -0.959. The number of carboxylic acid groups (broad SMARTS) is 2. The van der Waals surface area contributed by atoms with Crippen LogP contribution in [0.25, 0.3) is 0 Å². The van der Waals surface area contributed by atoms with Crippen LogP contribution in [-0.2, 0) is 19.1 Å². The van der Waals surface area contributed by atoms with Gasteiger partial charge in [-0.25, -0.2) is 9.59 Å². The third kappa shape index (κ3) is 4.51. The maximum atomic E-state index is 12.2. The highest BCUT2D eigenvalue weighted by molar-refractivity contribution is 5.87. The van der Waals surface area contributed by atoms with Crippen LogP contribution in [-0.4, -0.2) is 40.1 Å². The molecule has 4 aliphatic rings. The second-order valence-electron chi connectivity index (χ2n) is 11.9. The molecule has 1 saturated carbocycles. The van der Waals surface area contributed by atoms with Gasteiger partial charge < -0.3 is 19.7 Å². The molecule has 8 atom stereocenters. The van der Waals surface area contributed by atoms with Gasteiger partial charge in [-0.15, -0.1) is 0 Å². The van der Waals surface area contributed by atoms with Crippen molar-refractivity contribution in [1.82, 2.24) is 0 Å². The molecule has 0 radical (unpaired) electrons. The molecule has 34 heavy (non-hydrogen) atoms. The van der Waals surface area contributed by atoms with Crippen molar-refractivity contribution < 1.29 is 29.3 Å². The number of carboxylic acids is 2.